The molecule has 0 saturated heterocycles. The van der Waals surface area contributed by atoms with Crippen LogP contribution >= 0.6 is 0 Å². The van der Waals surface area contributed by atoms with Crippen LogP contribution in [-0.2, 0) is 0 Å². The minimum absolute atomic E-state index is 0.620. The molecule has 1 unspecified atom stereocenters. The Morgan fingerprint density at radius 3 is 2.00 bits per heavy atom. The Balaban J connectivity index is 4.61. The van der Waals surface area contributed by atoms with Gasteiger partial charge in [0.05, 0.1) is 0 Å². The third-order valence-corrected chi connectivity index (χ3v) is 1.41. The first-order valence-corrected chi connectivity index (χ1v) is 3.23. The van der Waals surface area contributed by atoms with Crippen LogP contribution in [0.25, 0.3) is 0 Å². The number of allylic oxidation sites excluding steroid dienone is 4. The molecule has 0 rings (SSSR count). The lowest BCUT2D eigenvalue weighted by Crippen LogP contribution is -1.97. The lowest BCUT2D eigenvalue weighted by atomic mass is 10.1. The smallest absolute Gasteiger partial charge is 0.123 e. The van der Waals surface area contributed by atoms with Crippen molar-refractivity contribution in [1.82, 2.24) is 0 Å². The van der Waals surface area contributed by atoms with Crippen molar-refractivity contribution in [3.8, 4) is 0 Å². The maximum Gasteiger partial charge on any atom is 0.123 e. The SMILES string of the molecule is C=CC(C)=C(C=C)C(C)F. The number of hydrogen-bond donors (Lipinski definition) is 0. The Morgan fingerprint density at radius 1 is 1.40 bits per heavy atom. The quantitative estimate of drug-likeness (QED) is 0.528. The predicted molar refractivity (Wildman–Crippen MR) is 43.7 cm³/mol. The first kappa shape index (κ1) is 9.15. The van der Waals surface area contributed by atoms with Gasteiger partial charge in [-0.25, -0.2) is 4.39 Å². The lowest BCUT2D eigenvalue weighted by molar-refractivity contribution is 0.416. The van der Waals surface area contributed by atoms with Gasteiger partial charge in [0.2, 0.25) is 0 Å². The van der Waals surface area contributed by atoms with Gasteiger partial charge < -0.3 is 0 Å². The molecule has 56 valence electrons. The van der Waals surface area contributed by atoms with E-state index in [-0.39, 0.29) is 0 Å². The molecule has 0 aliphatic carbocycles. The van der Waals surface area contributed by atoms with Crippen LogP contribution in [0.5, 0.6) is 0 Å². The number of hydrogen-bond acceptors (Lipinski definition) is 0. The first-order chi connectivity index (χ1) is 4.63. The summed E-state index contributed by atoms with van der Waals surface area (Å²) in [4.78, 5) is 0. The molecule has 0 aromatic heterocycles. The molecule has 0 aliphatic rings. The number of halogens is 1. The highest BCUT2D eigenvalue weighted by Gasteiger charge is 2.03. The van der Waals surface area contributed by atoms with Gasteiger partial charge in [-0.15, -0.1) is 0 Å². The van der Waals surface area contributed by atoms with Crippen LogP contribution < -0.4 is 0 Å². The molecule has 0 saturated carbocycles. The molecule has 0 spiro atoms. The molecule has 0 aromatic carbocycles. The summed E-state index contributed by atoms with van der Waals surface area (Å²) in [5.41, 5.74) is 1.47. The van der Waals surface area contributed by atoms with E-state index in [2.05, 4.69) is 13.2 Å². The summed E-state index contributed by atoms with van der Waals surface area (Å²) in [6.45, 7) is 10.4. The van der Waals surface area contributed by atoms with Crippen molar-refractivity contribution in [1.29, 1.82) is 0 Å². The van der Waals surface area contributed by atoms with Crippen LogP contribution in [0, 0.1) is 0 Å². The second-order valence-electron chi connectivity index (χ2n) is 2.16. The summed E-state index contributed by atoms with van der Waals surface area (Å²) in [6.07, 6.45) is 2.21. The standard InChI is InChI=1S/C9H13F/c1-5-7(3)9(6-2)8(4)10/h5-6,8H,1-2H2,3-4H3. The second-order valence-corrected chi connectivity index (χ2v) is 2.16. The van der Waals surface area contributed by atoms with Crippen molar-refractivity contribution in [3.63, 3.8) is 0 Å². The Kier molecular flexibility index (Phi) is 3.70. The van der Waals surface area contributed by atoms with Crippen LogP contribution in [0.4, 0.5) is 4.39 Å². The van der Waals surface area contributed by atoms with E-state index in [1.807, 2.05) is 6.92 Å². The summed E-state index contributed by atoms with van der Waals surface area (Å²) in [5, 5.41) is 0. The van der Waals surface area contributed by atoms with E-state index in [0.717, 1.165) is 5.57 Å². The lowest BCUT2D eigenvalue weighted by Gasteiger charge is -2.04. The van der Waals surface area contributed by atoms with Gasteiger partial charge in [-0.1, -0.05) is 25.3 Å². The molecular formula is C9H13F. The Labute approximate surface area is 61.8 Å². The average molecular weight is 140 g/mol. The minimum Gasteiger partial charge on any atom is -0.243 e. The van der Waals surface area contributed by atoms with Gasteiger partial charge in [-0.2, -0.15) is 0 Å². The van der Waals surface area contributed by atoms with Crippen molar-refractivity contribution < 1.29 is 4.39 Å². The molecule has 0 aromatic rings. The summed E-state index contributed by atoms with van der Waals surface area (Å²) in [5.74, 6) is 0. The molecule has 10 heavy (non-hydrogen) atoms. The van der Waals surface area contributed by atoms with E-state index in [4.69, 9.17) is 0 Å². The zero-order valence-electron chi connectivity index (χ0n) is 6.52. The molecule has 0 radical (unpaired) electrons. The molecule has 0 fully saturated rings. The van der Waals surface area contributed by atoms with Crippen molar-refractivity contribution in [2.75, 3.05) is 0 Å². The predicted octanol–water partition coefficient (Wildman–Crippen LogP) is 3.03. The van der Waals surface area contributed by atoms with Gasteiger partial charge >= 0.3 is 0 Å². The molecule has 0 nitrogen and oxygen atoms in total. The average Bonchev–Trinajstić information content (AvgIpc) is 1.88. The highest BCUT2D eigenvalue weighted by atomic mass is 19.1. The fraction of sp³-hybridized carbons (Fsp3) is 0.333. The molecule has 1 atom stereocenters. The van der Waals surface area contributed by atoms with E-state index in [1.165, 1.54) is 13.0 Å². The molecule has 0 aliphatic heterocycles. The third-order valence-electron chi connectivity index (χ3n) is 1.41. The van der Waals surface area contributed by atoms with Crippen molar-refractivity contribution >= 4 is 0 Å². The van der Waals surface area contributed by atoms with E-state index in [0.29, 0.717) is 5.57 Å². The fourth-order valence-electron chi connectivity index (χ4n) is 0.755. The molecule has 1 heteroatoms. The first-order valence-electron chi connectivity index (χ1n) is 3.23. The Bertz CT molecular complexity index is 164. The molecule has 0 bridgehead atoms. The minimum atomic E-state index is -0.949. The summed E-state index contributed by atoms with van der Waals surface area (Å²) >= 11 is 0. The zero-order chi connectivity index (χ0) is 8.15. The molecule has 0 heterocycles. The van der Waals surface area contributed by atoms with Gasteiger partial charge in [-0.05, 0) is 25.0 Å². The van der Waals surface area contributed by atoms with Gasteiger partial charge in [0, 0.05) is 0 Å². The van der Waals surface area contributed by atoms with Gasteiger partial charge in [0.1, 0.15) is 6.17 Å². The van der Waals surface area contributed by atoms with Gasteiger partial charge in [-0.3, -0.25) is 0 Å². The second kappa shape index (κ2) is 4.04. The van der Waals surface area contributed by atoms with E-state index in [9.17, 15) is 4.39 Å². The van der Waals surface area contributed by atoms with Gasteiger partial charge in [0.15, 0.2) is 0 Å². The topological polar surface area (TPSA) is 0 Å². The van der Waals surface area contributed by atoms with Crippen molar-refractivity contribution in [2.24, 2.45) is 0 Å². The van der Waals surface area contributed by atoms with Crippen LogP contribution in [0.2, 0.25) is 0 Å². The monoisotopic (exact) mass is 140 g/mol. The number of rotatable bonds is 3. The highest BCUT2D eigenvalue weighted by molar-refractivity contribution is 5.32. The van der Waals surface area contributed by atoms with Crippen LogP contribution in [0.1, 0.15) is 13.8 Å². The third kappa shape index (κ3) is 2.18. The maximum atomic E-state index is 12.6. The molecular weight excluding hydrogens is 127 g/mol. The van der Waals surface area contributed by atoms with Crippen LogP contribution in [-0.4, -0.2) is 6.17 Å². The summed E-state index contributed by atoms with van der Waals surface area (Å²) in [7, 11) is 0. The van der Waals surface area contributed by atoms with E-state index < -0.39 is 6.17 Å². The molecule has 0 amide bonds. The zero-order valence-corrected chi connectivity index (χ0v) is 6.52. The van der Waals surface area contributed by atoms with Gasteiger partial charge in [0.25, 0.3) is 0 Å². The maximum absolute atomic E-state index is 12.6. The highest BCUT2D eigenvalue weighted by Crippen LogP contribution is 2.13. The largest absolute Gasteiger partial charge is 0.243 e. The normalized spacial score (nSPS) is 15.5. The summed E-state index contributed by atoms with van der Waals surface area (Å²) < 4.78 is 12.6. The Morgan fingerprint density at radius 2 is 1.90 bits per heavy atom. The fourth-order valence-corrected chi connectivity index (χ4v) is 0.755. The molecule has 0 N–H and O–H groups in total. The van der Waals surface area contributed by atoms with Crippen molar-refractivity contribution in [3.05, 3.63) is 36.5 Å². The van der Waals surface area contributed by atoms with E-state index in [1.54, 1.807) is 6.08 Å². The number of alkyl halides is 1. The Hall–Kier alpha value is -0.850. The van der Waals surface area contributed by atoms with Crippen molar-refractivity contribution in [2.45, 2.75) is 20.0 Å². The summed E-state index contributed by atoms with van der Waals surface area (Å²) in [6, 6.07) is 0. The van der Waals surface area contributed by atoms with E-state index >= 15 is 0 Å². The van der Waals surface area contributed by atoms with Crippen LogP contribution in [0.3, 0.4) is 0 Å². The van der Waals surface area contributed by atoms with Crippen LogP contribution in [0.15, 0.2) is 36.5 Å².